The number of fused-ring (bicyclic) bond motifs is 1. The van der Waals surface area contributed by atoms with Gasteiger partial charge in [-0.2, -0.15) is 9.78 Å². The molecule has 4 rings (SSSR count). The summed E-state index contributed by atoms with van der Waals surface area (Å²) >= 11 is 7.13. The van der Waals surface area contributed by atoms with Crippen LogP contribution in [0.1, 0.15) is 77.1 Å². The van der Waals surface area contributed by atoms with Crippen molar-refractivity contribution < 1.29 is 9.47 Å². The fraction of sp³-hybridized carbons (Fsp3) is 0.464. The van der Waals surface area contributed by atoms with Gasteiger partial charge < -0.3 is 9.47 Å². The van der Waals surface area contributed by atoms with E-state index in [1.165, 1.54) is 11.1 Å². The van der Waals surface area contributed by atoms with E-state index < -0.39 is 0 Å². The second kappa shape index (κ2) is 11.5. The number of hydrogen-bond acceptors (Lipinski definition) is 5. The van der Waals surface area contributed by atoms with E-state index in [1.807, 2.05) is 37.3 Å². The molecule has 0 N–H and O–H groups in total. The van der Waals surface area contributed by atoms with Gasteiger partial charge in [0.15, 0.2) is 11.5 Å². The lowest BCUT2D eigenvalue weighted by molar-refractivity contribution is 0.188. The molecule has 2 aromatic carbocycles. The molecular formula is C28H33Br2N3O3. The van der Waals surface area contributed by atoms with Crippen molar-refractivity contribution >= 4 is 49.0 Å². The average Bonchev–Trinajstić information content (AvgIpc) is 2.84. The molecule has 3 aromatic rings. The number of hydrogen-bond donors (Lipinski definition) is 0. The van der Waals surface area contributed by atoms with Gasteiger partial charge in [-0.1, -0.05) is 56.0 Å². The molecule has 1 aliphatic rings. The first-order valence-electron chi connectivity index (χ1n) is 12.5. The van der Waals surface area contributed by atoms with E-state index >= 15 is 0 Å². The summed E-state index contributed by atoms with van der Waals surface area (Å²) in [5, 5.41) is 5.23. The zero-order valence-corrected chi connectivity index (χ0v) is 24.5. The van der Waals surface area contributed by atoms with E-state index in [1.54, 1.807) is 6.21 Å². The summed E-state index contributed by atoms with van der Waals surface area (Å²) in [7, 11) is 0. The smallest absolute Gasteiger partial charge is 0.282 e. The first kappa shape index (κ1) is 26.9. The number of ether oxygens (including phenoxy) is 2. The third-order valence-corrected chi connectivity index (χ3v) is 7.32. The molecule has 192 valence electrons. The summed E-state index contributed by atoms with van der Waals surface area (Å²) in [6.07, 6.45) is 7.23. The topological polar surface area (TPSA) is 65.7 Å². The maximum atomic E-state index is 13.6. The van der Waals surface area contributed by atoms with Crippen LogP contribution in [0.15, 0.2) is 49.2 Å². The number of rotatable bonds is 7. The second-order valence-corrected chi connectivity index (χ2v) is 12.2. The Balaban J connectivity index is 1.77. The van der Waals surface area contributed by atoms with Crippen LogP contribution in [0, 0.1) is 5.41 Å². The fourth-order valence-electron chi connectivity index (χ4n) is 4.35. The van der Waals surface area contributed by atoms with Crippen molar-refractivity contribution in [2.24, 2.45) is 10.5 Å². The lowest BCUT2D eigenvalue weighted by Crippen LogP contribution is -2.25. The number of aromatic nitrogens is 2. The SMILES string of the molecule is CCOc1cc(C=Nn2c(C3CCCCC3)nc3ccc(Br)cc3c2=O)c(Br)cc1OCC(C)(C)C. The normalized spacial score (nSPS) is 15.1. The summed E-state index contributed by atoms with van der Waals surface area (Å²) in [5.74, 6) is 2.27. The Morgan fingerprint density at radius 3 is 2.50 bits per heavy atom. The van der Waals surface area contributed by atoms with Gasteiger partial charge in [-0.3, -0.25) is 4.79 Å². The molecule has 0 amide bonds. The molecule has 0 aliphatic heterocycles. The third-order valence-electron chi connectivity index (χ3n) is 6.14. The Labute approximate surface area is 229 Å². The van der Waals surface area contributed by atoms with Gasteiger partial charge in [-0.05, 0) is 71.4 Å². The molecular weight excluding hydrogens is 586 g/mol. The Kier molecular flexibility index (Phi) is 8.56. The molecule has 1 fully saturated rings. The average molecular weight is 619 g/mol. The van der Waals surface area contributed by atoms with Crippen molar-refractivity contribution in [3.63, 3.8) is 0 Å². The quantitative estimate of drug-likeness (QED) is 0.255. The van der Waals surface area contributed by atoms with Crippen LogP contribution in [-0.2, 0) is 0 Å². The lowest BCUT2D eigenvalue weighted by Gasteiger charge is -2.23. The van der Waals surface area contributed by atoms with Gasteiger partial charge in [0.05, 0.1) is 30.3 Å². The van der Waals surface area contributed by atoms with Crippen LogP contribution in [0.5, 0.6) is 11.5 Å². The van der Waals surface area contributed by atoms with Crippen LogP contribution in [0.3, 0.4) is 0 Å². The Hall–Kier alpha value is -2.19. The van der Waals surface area contributed by atoms with Gasteiger partial charge >= 0.3 is 0 Å². The van der Waals surface area contributed by atoms with Gasteiger partial charge in [-0.15, -0.1) is 0 Å². The molecule has 0 unspecified atom stereocenters. The highest BCUT2D eigenvalue weighted by molar-refractivity contribution is 9.10. The summed E-state index contributed by atoms with van der Waals surface area (Å²) in [6.45, 7) is 9.39. The van der Waals surface area contributed by atoms with Crippen molar-refractivity contribution in [1.82, 2.24) is 9.66 Å². The highest BCUT2D eigenvalue weighted by Crippen LogP contribution is 2.35. The van der Waals surface area contributed by atoms with E-state index in [2.05, 4.69) is 57.7 Å². The number of halogens is 2. The summed E-state index contributed by atoms with van der Waals surface area (Å²) < 4.78 is 15.1. The first-order valence-corrected chi connectivity index (χ1v) is 14.1. The van der Waals surface area contributed by atoms with Gasteiger partial charge in [0.25, 0.3) is 5.56 Å². The van der Waals surface area contributed by atoms with Crippen LogP contribution >= 0.6 is 31.9 Å². The van der Waals surface area contributed by atoms with E-state index in [-0.39, 0.29) is 16.9 Å². The van der Waals surface area contributed by atoms with Crippen LogP contribution in [-0.4, -0.2) is 29.1 Å². The standard InChI is InChI=1S/C28H33Br2N3O3/c1-5-35-24-13-19(22(30)15-25(24)36-17-28(2,3)4)16-31-33-26(18-9-7-6-8-10-18)32-23-12-11-20(29)14-21(23)27(33)34/h11-16,18H,5-10,17H2,1-4H3. The maximum Gasteiger partial charge on any atom is 0.282 e. The first-order chi connectivity index (χ1) is 17.2. The van der Waals surface area contributed by atoms with E-state index in [4.69, 9.17) is 14.5 Å². The van der Waals surface area contributed by atoms with Crippen molar-refractivity contribution in [3.05, 3.63) is 61.0 Å². The molecule has 36 heavy (non-hydrogen) atoms. The minimum absolute atomic E-state index is 0.0187. The minimum atomic E-state index is -0.163. The molecule has 0 radical (unpaired) electrons. The van der Waals surface area contributed by atoms with Crippen LogP contribution in [0.4, 0.5) is 0 Å². The Morgan fingerprint density at radius 2 is 1.81 bits per heavy atom. The third kappa shape index (κ3) is 6.38. The fourth-order valence-corrected chi connectivity index (χ4v) is 5.13. The van der Waals surface area contributed by atoms with Gasteiger partial charge in [0.1, 0.15) is 5.82 Å². The lowest BCUT2D eigenvalue weighted by atomic mass is 9.88. The predicted molar refractivity (Wildman–Crippen MR) is 153 cm³/mol. The zero-order valence-electron chi connectivity index (χ0n) is 21.3. The molecule has 0 atom stereocenters. The molecule has 8 heteroatoms. The Morgan fingerprint density at radius 1 is 1.08 bits per heavy atom. The summed E-state index contributed by atoms with van der Waals surface area (Å²) in [6, 6.07) is 9.42. The van der Waals surface area contributed by atoms with Crippen molar-refractivity contribution in [2.75, 3.05) is 13.2 Å². The molecule has 1 aromatic heterocycles. The molecule has 1 aliphatic carbocycles. The van der Waals surface area contributed by atoms with Crippen molar-refractivity contribution in [3.8, 4) is 11.5 Å². The molecule has 1 heterocycles. The Bertz CT molecular complexity index is 1320. The molecule has 1 saturated carbocycles. The number of nitrogens with zero attached hydrogens (tertiary/aromatic N) is 3. The van der Waals surface area contributed by atoms with Crippen molar-refractivity contribution in [1.29, 1.82) is 0 Å². The number of benzene rings is 2. The molecule has 0 bridgehead atoms. The molecule has 0 saturated heterocycles. The second-order valence-electron chi connectivity index (χ2n) is 10.4. The largest absolute Gasteiger partial charge is 0.490 e. The van der Waals surface area contributed by atoms with Gasteiger partial charge in [0, 0.05) is 20.4 Å². The predicted octanol–water partition coefficient (Wildman–Crippen LogP) is 7.68. The van der Waals surface area contributed by atoms with Crippen molar-refractivity contribution in [2.45, 2.75) is 65.7 Å². The van der Waals surface area contributed by atoms with Gasteiger partial charge in [-0.25, -0.2) is 4.98 Å². The summed E-state index contributed by atoms with van der Waals surface area (Å²) in [4.78, 5) is 18.5. The monoisotopic (exact) mass is 617 g/mol. The van der Waals surface area contributed by atoms with Gasteiger partial charge in [0.2, 0.25) is 0 Å². The van der Waals surface area contributed by atoms with Crippen LogP contribution < -0.4 is 15.0 Å². The van der Waals surface area contributed by atoms with E-state index in [0.717, 1.165) is 46.0 Å². The minimum Gasteiger partial charge on any atom is -0.490 e. The summed E-state index contributed by atoms with van der Waals surface area (Å²) in [5.41, 5.74) is 1.35. The zero-order chi connectivity index (χ0) is 25.9. The molecule has 6 nitrogen and oxygen atoms in total. The van der Waals surface area contributed by atoms with E-state index in [0.29, 0.717) is 35.6 Å². The van der Waals surface area contributed by atoms with Crippen LogP contribution in [0.25, 0.3) is 10.9 Å². The maximum absolute atomic E-state index is 13.6. The molecule has 0 spiro atoms. The highest BCUT2D eigenvalue weighted by atomic mass is 79.9. The highest BCUT2D eigenvalue weighted by Gasteiger charge is 2.23. The van der Waals surface area contributed by atoms with E-state index in [9.17, 15) is 4.79 Å². The van der Waals surface area contributed by atoms with Crippen LogP contribution in [0.2, 0.25) is 0 Å².